The van der Waals surface area contributed by atoms with Gasteiger partial charge in [-0.3, -0.25) is 4.79 Å². The van der Waals surface area contributed by atoms with Crippen molar-refractivity contribution >= 4 is 5.78 Å². The lowest BCUT2D eigenvalue weighted by atomic mass is 10.0. The van der Waals surface area contributed by atoms with E-state index in [0.717, 1.165) is 25.8 Å². The van der Waals surface area contributed by atoms with Gasteiger partial charge in [0.15, 0.2) is 0 Å². The van der Waals surface area contributed by atoms with Crippen LogP contribution in [0.5, 0.6) is 0 Å². The molecule has 0 rings (SSSR count). The van der Waals surface area contributed by atoms with E-state index in [1.807, 2.05) is 13.8 Å². The van der Waals surface area contributed by atoms with Gasteiger partial charge in [0.05, 0.1) is 5.82 Å². The maximum Gasteiger partial charge on any atom is 0.135 e. The molecule has 0 aromatic heterocycles. The Morgan fingerprint density at radius 3 is 2.50 bits per heavy atom. The summed E-state index contributed by atoms with van der Waals surface area (Å²) < 4.78 is 0. The second-order valence-corrected chi connectivity index (χ2v) is 3.88. The van der Waals surface area contributed by atoms with Crippen molar-refractivity contribution in [3.63, 3.8) is 0 Å². The van der Waals surface area contributed by atoms with Crippen LogP contribution >= 0.6 is 0 Å². The van der Waals surface area contributed by atoms with Crippen LogP contribution in [0.4, 0.5) is 0 Å². The molecule has 0 aliphatic carbocycles. The maximum absolute atomic E-state index is 11.2. The molecule has 0 unspecified atom stereocenters. The van der Waals surface area contributed by atoms with Crippen molar-refractivity contribution in [2.75, 3.05) is 6.54 Å². The SMILES string of the molecule is C=C(N)NCCCCCC(=O)C(C)C. The fourth-order valence-electron chi connectivity index (χ4n) is 1.14. The number of carbonyl (C=O) groups is 1. The Morgan fingerprint density at radius 1 is 1.36 bits per heavy atom. The lowest BCUT2D eigenvalue weighted by molar-refractivity contribution is -0.122. The van der Waals surface area contributed by atoms with E-state index in [2.05, 4.69) is 11.9 Å². The van der Waals surface area contributed by atoms with Crippen molar-refractivity contribution in [2.24, 2.45) is 11.7 Å². The molecule has 0 atom stereocenters. The molecule has 0 bridgehead atoms. The number of rotatable bonds is 8. The molecule has 0 spiro atoms. The van der Waals surface area contributed by atoms with Gasteiger partial charge >= 0.3 is 0 Å². The molecule has 82 valence electrons. The summed E-state index contributed by atoms with van der Waals surface area (Å²) in [4.78, 5) is 11.2. The molecular formula is C11H22N2O. The summed E-state index contributed by atoms with van der Waals surface area (Å²) in [5, 5.41) is 2.95. The van der Waals surface area contributed by atoms with Gasteiger partial charge in [0.25, 0.3) is 0 Å². The summed E-state index contributed by atoms with van der Waals surface area (Å²) in [5.41, 5.74) is 5.34. The number of Topliss-reactive ketones (excluding diaryl/α,β-unsaturated/α-hetero) is 1. The number of hydrogen-bond donors (Lipinski definition) is 2. The summed E-state index contributed by atoms with van der Waals surface area (Å²) in [7, 11) is 0. The third kappa shape index (κ3) is 7.65. The van der Waals surface area contributed by atoms with E-state index in [9.17, 15) is 4.79 Å². The molecule has 3 nitrogen and oxygen atoms in total. The predicted molar refractivity (Wildman–Crippen MR) is 59.6 cm³/mol. The second-order valence-electron chi connectivity index (χ2n) is 3.88. The van der Waals surface area contributed by atoms with Gasteiger partial charge in [0, 0.05) is 18.9 Å². The van der Waals surface area contributed by atoms with E-state index < -0.39 is 0 Å². The minimum atomic E-state index is 0.178. The van der Waals surface area contributed by atoms with Crippen LogP contribution < -0.4 is 11.1 Å². The molecule has 0 saturated carbocycles. The second kappa shape index (κ2) is 7.42. The maximum atomic E-state index is 11.2. The van der Waals surface area contributed by atoms with Crippen molar-refractivity contribution in [1.82, 2.24) is 5.32 Å². The van der Waals surface area contributed by atoms with E-state index in [-0.39, 0.29) is 5.92 Å². The highest BCUT2D eigenvalue weighted by atomic mass is 16.1. The molecule has 14 heavy (non-hydrogen) atoms. The van der Waals surface area contributed by atoms with Gasteiger partial charge in [-0.05, 0) is 12.8 Å². The third-order valence-electron chi connectivity index (χ3n) is 2.10. The van der Waals surface area contributed by atoms with Crippen LogP contribution in [-0.4, -0.2) is 12.3 Å². The van der Waals surface area contributed by atoms with E-state index in [4.69, 9.17) is 5.73 Å². The van der Waals surface area contributed by atoms with E-state index in [0.29, 0.717) is 18.0 Å². The zero-order valence-electron chi connectivity index (χ0n) is 9.31. The first-order valence-corrected chi connectivity index (χ1v) is 5.25. The first-order valence-electron chi connectivity index (χ1n) is 5.25. The van der Waals surface area contributed by atoms with Crippen LogP contribution in [-0.2, 0) is 4.79 Å². The van der Waals surface area contributed by atoms with E-state index >= 15 is 0 Å². The summed E-state index contributed by atoms with van der Waals surface area (Å²) in [6.45, 7) is 8.28. The summed E-state index contributed by atoms with van der Waals surface area (Å²) in [6.07, 6.45) is 3.80. The average molecular weight is 198 g/mol. The fourth-order valence-corrected chi connectivity index (χ4v) is 1.14. The van der Waals surface area contributed by atoms with Crippen LogP contribution in [0.3, 0.4) is 0 Å². The topological polar surface area (TPSA) is 55.1 Å². The van der Waals surface area contributed by atoms with Crippen molar-refractivity contribution in [1.29, 1.82) is 0 Å². The molecule has 0 aromatic rings. The van der Waals surface area contributed by atoms with Gasteiger partial charge in [0.1, 0.15) is 5.78 Å². The standard InChI is InChI=1S/C11H22N2O/c1-9(2)11(14)7-5-4-6-8-13-10(3)12/h9,13H,3-8,12H2,1-2H3. The normalized spacial score (nSPS) is 10.2. The van der Waals surface area contributed by atoms with Crippen LogP contribution in [0.15, 0.2) is 12.4 Å². The fraction of sp³-hybridized carbons (Fsp3) is 0.727. The zero-order chi connectivity index (χ0) is 11.0. The van der Waals surface area contributed by atoms with Gasteiger partial charge in [-0.15, -0.1) is 0 Å². The predicted octanol–water partition coefficient (Wildman–Crippen LogP) is 1.79. The first-order chi connectivity index (χ1) is 6.54. The number of hydrogen-bond acceptors (Lipinski definition) is 3. The monoisotopic (exact) mass is 198 g/mol. The highest BCUT2D eigenvalue weighted by Crippen LogP contribution is 2.05. The molecule has 0 fully saturated rings. The summed E-state index contributed by atoms with van der Waals surface area (Å²) in [6, 6.07) is 0. The van der Waals surface area contributed by atoms with Crippen molar-refractivity contribution < 1.29 is 4.79 Å². The molecule has 3 heteroatoms. The summed E-state index contributed by atoms with van der Waals surface area (Å²) in [5.74, 6) is 1.06. The molecule has 0 heterocycles. The number of nitrogens with one attached hydrogen (secondary N) is 1. The van der Waals surface area contributed by atoms with Gasteiger partial charge in [0.2, 0.25) is 0 Å². The lowest BCUT2D eigenvalue weighted by Gasteiger charge is -2.05. The minimum Gasteiger partial charge on any atom is -0.386 e. The van der Waals surface area contributed by atoms with Gasteiger partial charge < -0.3 is 11.1 Å². The Morgan fingerprint density at radius 2 is 2.00 bits per heavy atom. The molecule has 0 saturated heterocycles. The molecule has 0 amide bonds. The van der Waals surface area contributed by atoms with Gasteiger partial charge in [-0.25, -0.2) is 0 Å². The van der Waals surface area contributed by atoms with E-state index in [1.165, 1.54) is 0 Å². The quantitative estimate of drug-likeness (QED) is 0.585. The Bertz CT molecular complexity index is 188. The third-order valence-corrected chi connectivity index (χ3v) is 2.10. The van der Waals surface area contributed by atoms with Crippen LogP contribution in [0.25, 0.3) is 0 Å². The molecule has 3 N–H and O–H groups in total. The number of unbranched alkanes of at least 4 members (excludes halogenated alkanes) is 2. The van der Waals surface area contributed by atoms with Crippen LogP contribution in [0.1, 0.15) is 39.5 Å². The van der Waals surface area contributed by atoms with Crippen LogP contribution in [0.2, 0.25) is 0 Å². The average Bonchev–Trinajstić information content (AvgIpc) is 2.09. The van der Waals surface area contributed by atoms with Crippen LogP contribution in [0, 0.1) is 5.92 Å². The molecule has 0 aliphatic heterocycles. The zero-order valence-corrected chi connectivity index (χ0v) is 9.31. The van der Waals surface area contributed by atoms with Gasteiger partial charge in [-0.2, -0.15) is 0 Å². The van der Waals surface area contributed by atoms with Crippen molar-refractivity contribution in [2.45, 2.75) is 39.5 Å². The molecule has 0 aromatic carbocycles. The number of nitrogens with two attached hydrogens (primary N) is 1. The number of ketones is 1. The van der Waals surface area contributed by atoms with Crippen molar-refractivity contribution in [3.8, 4) is 0 Å². The van der Waals surface area contributed by atoms with Crippen molar-refractivity contribution in [3.05, 3.63) is 12.4 Å². The van der Waals surface area contributed by atoms with E-state index in [1.54, 1.807) is 0 Å². The summed E-state index contributed by atoms with van der Waals surface area (Å²) >= 11 is 0. The molecule has 0 radical (unpaired) electrons. The Labute approximate surface area is 86.8 Å². The smallest absolute Gasteiger partial charge is 0.135 e. The Hall–Kier alpha value is -0.990. The first kappa shape index (κ1) is 13.0. The molecular weight excluding hydrogens is 176 g/mol. The molecule has 0 aliphatic rings. The minimum absolute atomic E-state index is 0.178. The Kier molecular flexibility index (Phi) is 6.89. The largest absolute Gasteiger partial charge is 0.386 e. The number of carbonyl (C=O) groups excluding carboxylic acids is 1. The lowest BCUT2D eigenvalue weighted by Crippen LogP contribution is -2.19. The highest BCUT2D eigenvalue weighted by molar-refractivity contribution is 5.80. The highest BCUT2D eigenvalue weighted by Gasteiger charge is 2.05. The van der Waals surface area contributed by atoms with Gasteiger partial charge in [-0.1, -0.05) is 26.8 Å². The Balaban J connectivity index is 3.22.